The van der Waals surface area contributed by atoms with E-state index >= 15 is 0 Å². The first-order chi connectivity index (χ1) is 8.72. The van der Waals surface area contributed by atoms with E-state index in [1.165, 1.54) is 0 Å². The molecule has 1 saturated carbocycles. The van der Waals surface area contributed by atoms with Crippen molar-refractivity contribution in [3.05, 3.63) is 54.4 Å². The molecule has 1 heterocycles. The average Bonchev–Trinajstić information content (AvgIpc) is 3.22. The molecule has 0 unspecified atom stereocenters. The second-order valence-corrected chi connectivity index (χ2v) is 4.69. The molecular formula is C15H13NO2. The highest BCUT2D eigenvalue weighted by Gasteiger charge is 2.53. The Morgan fingerprint density at radius 2 is 1.78 bits per heavy atom. The summed E-state index contributed by atoms with van der Waals surface area (Å²) in [4.78, 5) is 15.5. The lowest BCUT2D eigenvalue weighted by Gasteiger charge is -2.09. The zero-order valence-electron chi connectivity index (χ0n) is 9.84. The molecule has 2 aromatic rings. The molecule has 3 rings (SSSR count). The van der Waals surface area contributed by atoms with Crippen LogP contribution in [0.5, 0.6) is 0 Å². The Kier molecular flexibility index (Phi) is 2.40. The molecule has 3 nitrogen and oxygen atoms in total. The zero-order chi connectivity index (χ0) is 12.6. The van der Waals surface area contributed by atoms with Gasteiger partial charge in [-0.25, -0.2) is 0 Å². The predicted molar refractivity (Wildman–Crippen MR) is 68.2 cm³/mol. The maximum Gasteiger partial charge on any atom is 0.315 e. The fraction of sp³-hybridized carbons (Fsp3) is 0.200. The number of carboxylic acid groups (broad SMARTS) is 1. The quantitative estimate of drug-likeness (QED) is 0.896. The molecule has 1 aliphatic rings. The van der Waals surface area contributed by atoms with Crippen molar-refractivity contribution in [2.75, 3.05) is 0 Å². The van der Waals surface area contributed by atoms with E-state index < -0.39 is 11.4 Å². The van der Waals surface area contributed by atoms with Gasteiger partial charge in [0.05, 0.1) is 5.69 Å². The van der Waals surface area contributed by atoms with Gasteiger partial charge in [0.2, 0.25) is 0 Å². The topological polar surface area (TPSA) is 50.2 Å². The molecule has 0 amide bonds. The molecule has 18 heavy (non-hydrogen) atoms. The summed E-state index contributed by atoms with van der Waals surface area (Å²) in [6, 6.07) is 13.7. The maximum absolute atomic E-state index is 11.2. The van der Waals surface area contributed by atoms with Crippen LogP contribution in [0.1, 0.15) is 18.5 Å². The van der Waals surface area contributed by atoms with Gasteiger partial charge in [-0.2, -0.15) is 0 Å². The Labute approximate surface area is 105 Å². The second kappa shape index (κ2) is 3.95. The van der Waals surface area contributed by atoms with Gasteiger partial charge in [0, 0.05) is 11.8 Å². The summed E-state index contributed by atoms with van der Waals surface area (Å²) < 4.78 is 0. The second-order valence-electron chi connectivity index (χ2n) is 4.69. The summed E-state index contributed by atoms with van der Waals surface area (Å²) in [7, 11) is 0. The highest BCUT2D eigenvalue weighted by atomic mass is 16.4. The number of pyridine rings is 1. The van der Waals surface area contributed by atoms with Crippen LogP contribution >= 0.6 is 0 Å². The summed E-state index contributed by atoms with van der Waals surface area (Å²) in [5, 5.41) is 9.20. The molecule has 3 heteroatoms. The van der Waals surface area contributed by atoms with Gasteiger partial charge >= 0.3 is 5.97 Å². The SMILES string of the molecule is O=C(O)C1(c2ccc(-c3ccccc3)cn2)CC1. The van der Waals surface area contributed by atoms with Crippen LogP contribution in [0.2, 0.25) is 0 Å². The number of carboxylic acids is 1. The highest BCUT2D eigenvalue weighted by molar-refractivity contribution is 5.84. The van der Waals surface area contributed by atoms with E-state index in [1.807, 2.05) is 42.5 Å². The summed E-state index contributed by atoms with van der Waals surface area (Å²) in [5.41, 5.74) is 2.07. The van der Waals surface area contributed by atoms with Crippen LogP contribution in [0.3, 0.4) is 0 Å². The largest absolute Gasteiger partial charge is 0.481 e. The first-order valence-electron chi connectivity index (χ1n) is 5.98. The van der Waals surface area contributed by atoms with Gasteiger partial charge < -0.3 is 5.11 Å². The molecule has 1 fully saturated rings. The van der Waals surface area contributed by atoms with Crippen LogP contribution in [0.15, 0.2) is 48.7 Å². The molecule has 0 bridgehead atoms. The maximum atomic E-state index is 11.2. The minimum absolute atomic E-state index is 0.676. The van der Waals surface area contributed by atoms with Gasteiger partial charge in [0.1, 0.15) is 5.41 Å². The number of nitrogens with zero attached hydrogens (tertiary/aromatic N) is 1. The standard InChI is InChI=1S/C15H13NO2/c17-14(18)15(8-9-15)13-7-6-12(10-16-13)11-4-2-1-3-5-11/h1-7,10H,8-9H2,(H,17,18). The van der Waals surface area contributed by atoms with Crippen molar-refractivity contribution in [2.24, 2.45) is 0 Å². The van der Waals surface area contributed by atoms with Crippen LogP contribution in [-0.4, -0.2) is 16.1 Å². The third-order valence-electron chi connectivity index (χ3n) is 3.52. The summed E-state index contributed by atoms with van der Waals surface area (Å²) in [5.74, 6) is -0.762. The van der Waals surface area contributed by atoms with E-state index in [2.05, 4.69) is 4.98 Å². The molecule has 0 radical (unpaired) electrons. The summed E-state index contributed by atoms with van der Waals surface area (Å²) in [6.07, 6.45) is 3.15. The molecule has 90 valence electrons. The van der Waals surface area contributed by atoms with Crippen LogP contribution in [-0.2, 0) is 10.2 Å². The van der Waals surface area contributed by atoms with Crippen molar-refractivity contribution in [1.82, 2.24) is 4.98 Å². The molecule has 0 aliphatic heterocycles. The van der Waals surface area contributed by atoms with Crippen LogP contribution in [0.4, 0.5) is 0 Å². The van der Waals surface area contributed by atoms with Crippen molar-refractivity contribution in [1.29, 1.82) is 0 Å². The lowest BCUT2D eigenvalue weighted by Crippen LogP contribution is -2.20. The molecule has 1 aliphatic carbocycles. The summed E-state index contributed by atoms with van der Waals surface area (Å²) >= 11 is 0. The normalized spacial score (nSPS) is 16.2. The Morgan fingerprint density at radius 1 is 1.06 bits per heavy atom. The Hall–Kier alpha value is -2.16. The predicted octanol–water partition coefficient (Wildman–Crippen LogP) is 2.86. The number of hydrogen-bond acceptors (Lipinski definition) is 2. The third kappa shape index (κ3) is 1.68. The molecule has 0 spiro atoms. The van der Waals surface area contributed by atoms with Crippen molar-refractivity contribution in [2.45, 2.75) is 18.3 Å². The van der Waals surface area contributed by atoms with E-state index in [9.17, 15) is 9.90 Å². The van der Waals surface area contributed by atoms with E-state index in [1.54, 1.807) is 6.20 Å². The number of aromatic nitrogens is 1. The first kappa shape index (κ1) is 11.0. The van der Waals surface area contributed by atoms with Crippen LogP contribution < -0.4 is 0 Å². The third-order valence-corrected chi connectivity index (χ3v) is 3.52. The van der Waals surface area contributed by atoms with Gasteiger partial charge in [-0.1, -0.05) is 36.4 Å². The van der Waals surface area contributed by atoms with E-state index in [4.69, 9.17) is 0 Å². The van der Waals surface area contributed by atoms with Gasteiger partial charge in [-0.15, -0.1) is 0 Å². The Balaban J connectivity index is 1.93. The minimum atomic E-state index is -0.762. The van der Waals surface area contributed by atoms with Crippen molar-refractivity contribution < 1.29 is 9.90 Å². The lowest BCUT2D eigenvalue weighted by molar-refractivity contribution is -0.140. The first-order valence-corrected chi connectivity index (χ1v) is 5.98. The molecule has 1 N–H and O–H groups in total. The fourth-order valence-corrected chi connectivity index (χ4v) is 2.18. The number of hydrogen-bond donors (Lipinski definition) is 1. The number of carbonyl (C=O) groups is 1. The highest BCUT2D eigenvalue weighted by Crippen LogP contribution is 2.47. The molecule has 1 aromatic carbocycles. The molecule has 0 atom stereocenters. The molecule has 1 aromatic heterocycles. The van der Waals surface area contributed by atoms with Gasteiger partial charge in [-0.05, 0) is 24.5 Å². The number of rotatable bonds is 3. The smallest absolute Gasteiger partial charge is 0.315 e. The number of benzene rings is 1. The average molecular weight is 239 g/mol. The monoisotopic (exact) mass is 239 g/mol. The van der Waals surface area contributed by atoms with E-state index in [0.717, 1.165) is 11.1 Å². The minimum Gasteiger partial charge on any atom is -0.481 e. The van der Waals surface area contributed by atoms with Crippen molar-refractivity contribution in [3.63, 3.8) is 0 Å². The molecular weight excluding hydrogens is 226 g/mol. The van der Waals surface area contributed by atoms with E-state index in [-0.39, 0.29) is 0 Å². The van der Waals surface area contributed by atoms with E-state index in [0.29, 0.717) is 18.5 Å². The Morgan fingerprint density at radius 3 is 2.28 bits per heavy atom. The lowest BCUT2D eigenvalue weighted by atomic mass is 10.0. The fourth-order valence-electron chi connectivity index (χ4n) is 2.18. The van der Waals surface area contributed by atoms with Gasteiger partial charge in [0.25, 0.3) is 0 Å². The Bertz CT molecular complexity index is 571. The van der Waals surface area contributed by atoms with Crippen molar-refractivity contribution in [3.8, 4) is 11.1 Å². The van der Waals surface area contributed by atoms with Crippen LogP contribution in [0.25, 0.3) is 11.1 Å². The van der Waals surface area contributed by atoms with Crippen LogP contribution in [0, 0.1) is 0 Å². The van der Waals surface area contributed by atoms with Gasteiger partial charge in [-0.3, -0.25) is 9.78 Å². The summed E-state index contributed by atoms with van der Waals surface area (Å²) in [6.45, 7) is 0. The molecule has 0 saturated heterocycles. The van der Waals surface area contributed by atoms with Crippen molar-refractivity contribution >= 4 is 5.97 Å². The van der Waals surface area contributed by atoms with Gasteiger partial charge in [0.15, 0.2) is 0 Å². The number of aliphatic carboxylic acids is 1. The zero-order valence-corrected chi connectivity index (χ0v) is 9.84.